The fourth-order valence-corrected chi connectivity index (χ4v) is 2.96. The number of nitrogens with zero attached hydrogens (tertiary/aromatic N) is 1. The van der Waals surface area contributed by atoms with Crippen molar-refractivity contribution in [2.75, 3.05) is 0 Å². The summed E-state index contributed by atoms with van der Waals surface area (Å²) in [5, 5.41) is -1.05. The van der Waals surface area contributed by atoms with Crippen LogP contribution in [0, 0.1) is 0 Å². The Labute approximate surface area is 146 Å². The smallest absolute Gasteiger partial charge is 0.209 e. The minimum Gasteiger partial charge on any atom is -0.292 e. The normalized spacial score (nSPS) is 19.5. The second kappa shape index (κ2) is 5.99. The highest BCUT2D eigenvalue weighted by molar-refractivity contribution is 6.65. The number of rotatable bonds is 1. The molecular weight excluding hydrogens is 322 g/mol. The van der Waals surface area contributed by atoms with Crippen LogP contribution in [-0.2, 0) is 5.41 Å². The predicted octanol–water partition coefficient (Wildman–Crippen LogP) is 4.74. The number of carbonyl (C=O) groups is 2. The lowest BCUT2D eigenvalue weighted by molar-refractivity contribution is 0.0968. The second-order valence-corrected chi connectivity index (χ2v) is 7.33. The molecule has 1 aliphatic rings. The number of hydrogen-bond acceptors (Lipinski definition) is 3. The molecule has 2 aromatic carbocycles. The monoisotopic (exact) mass is 339 g/mol. The molecule has 24 heavy (non-hydrogen) atoms. The Morgan fingerprint density at radius 3 is 2.08 bits per heavy atom. The SMILES string of the molecule is CC(C)(C)c1ccc(N=C2C(=O)c3ccccc3C(=O)C2Cl)cc1. The van der Waals surface area contributed by atoms with Crippen LogP contribution in [0.25, 0.3) is 0 Å². The summed E-state index contributed by atoms with van der Waals surface area (Å²) in [6.45, 7) is 6.38. The van der Waals surface area contributed by atoms with E-state index in [4.69, 9.17) is 11.6 Å². The van der Waals surface area contributed by atoms with Crippen LogP contribution in [0.1, 0.15) is 47.1 Å². The maximum Gasteiger partial charge on any atom is 0.209 e. The summed E-state index contributed by atoms with van der Waals surface area (Å²) < 4.78 is 0. The van der Waals surface area contributed by atoms with Gasteiger partial charge in [0.15, 0.2) is 5.78 Å². The van der Waals surface area contributed by atoms with Gasteiger partial charge in [-0.25, -0.2) is 4.99 Å². The molecule has 0 spiro atoms. The van der Waals surface area contributed by atoms with Crippen LogP contribution in [0.5, 0.6) is 0 Å². The van der Waals surface area contributed by atoms with Gasteiger partial charge in [-0.1, -0.05) is 57.2 Å². The third-order valence-corrected chi connectivity index (χ3v) is 4.53. The van der Waals surface area contributed by atoms with Crippen LogP contribution < -0.4 is 0 Å². The van der Waals surface area contributed by atoms with Crippen molar-refractivity contribution in [2.45, 2.75) is 31.6 Å². The van der Waals surface area contributed by atoms with Crippen molar-refractivity contribution < 1.29 is 9.59 Å². The van der Waals surface area contributed by atoms with Crippen molar-refractivity contribution >= 4 is 34.6 Å². The van der Waals surface area contributed by atoms with Gasteiger partial charge < -0.3 is 0 Å². The van der Waals surface area contributed by atoms with Crippen LogP contribution in [0.2, 0.25) is 0 Å². The average molecular weight is 340 g/mol. The molecular formula is C20H18ClNO2. The summed E-state index contributed by atoms with van der Waals surface area (Å²) in [4.78, 5) is 29.4. The zero-order chi connectivity index (χ0) is 17.5. The molecule has 0 amide bonds. The number of halogens is 1. The Kier molecular flexibility index (Phi) is 4.14. The minimum absolute atomic E-state index is 0.0380. The van der Waals surface area contributed by atoms with E-state index in [1.807, 2.05) is 24.3 Å². The second-order valence-electron chi connectivity index (χ2n) is 6.90. The maximum atomic E-state index is 12.6. The summed E-state index contributed by atoms with van der Waals surface area (Å²) >= 11 is 6.21. The molecule has 3 nitrogen and oxygen atoms in total. The molecule has 0 saturated heterocycles. The fraction of sp³-hybridized carbons (Fsp3) is 0.250. The first-order chi connectivity index (χ1) is 11.3. The van der Waals surface area contributed by atoms with Gasteiger partial charge in [0.2, 0.25) is 5.78 Å². The van der Waals surface area contributed by atoms with Gasteiger partial charge in [0.1, 0.15) is 11.1 Å². The van der Waals surface area contributed by atoms with E-state index in [1.165, 1.54) is 5.56 Å². The quantitative estimate of drug-likeness (QED) is 0.704. The molecule has 0 fully saturated rings. The van der Waals surface area contributed by atoms with Crippen molar-refractivity contribution in [3.8, 4) is 0 Å². The Balaban J connectivity index is 2.01. The van der Waals surface area contributed by atoms with Crippen LogP contribution in [0.15, 0.2) is 53.5 Å². The van der Waals surface area contributed by atoms with Crippen molar-refractivity contribution in [3.63, 3.8) is 0 Å². The minimum atomic E-state index is -1.05. The summed E-state index contributed by atoms with van der Waals surface area (Å²) in [6.07, 6.45) is 0. The van der Waals surface area contributed by atoms with Crippen LogP contribution in [0.3, 0.4) is 0 Å². The number of alkyl halides is 1. The van der Waals surface area contributed by atoms with Crippen LogP contribution >= 0.6 is 11.6 Å². The van der Waals surface area contributed by atoms with Gasteiger partial charge in [-0.3, -0.25) is 9.59 Å². The Hall–Kier alpha value is -2.26. The van der Waals surface area contributed by atoms with Crippen molar-refractivity contribution in [1.29, 1.82) is 0 Å². The van der Waals surface area contributed by atoms with E-state index >= 15 is 0 Å². The molecule has 122 valence electrons. The van der Waals surface area contributed by atoms with Gasteiger partial charge in [-0.05, 0) is 23.1 Å². The number of Topliss-reactive ketones (excluding diaryl/α,β-unsaturated/α-hetero) is 2. The zero-order valence-corrected chi connectivity index (χ0v) is 14.6. The molecule has 0 N–H and O–H groups in total. The summed E-state index contributed by atoms with van der Waals surface area (Å²) in [5.41, 5.74) is 2.64. The van der Waals surface area contributed by atoms with Crippen molar-refractivity contribution in [1.82, 2.24) is 0 Å². The Morgan fingerprint density at radius 1 is 0.917 bits per heavy atom. The average Bonchev–Trinajstić information content (AvgIpc) is 2.56. The van der Waals surface area contributed by atoms with E-state index in [2.05, 4.69) is 25.8 Å². The highest BCUT2D eigenvalue weighted by atomic mass is 35.5. The van der Waals surface area contributed by atoms with E-state index in [0.29, 0.717) is 16.8 Å². The Bertz CT molecular complexity index is 845. The lowest BCUT2D eigenvalue weighted by Gasteiger charge is -2.20. The van der Waals surface area contributed by atoms with Crippen molar-refractivity contribution in [3.05, 3.63) is 65.2 Å². The largest absolute Gasteiger partial charge is 0.292 e. The van der Waals surface area contributed by atoms with Gasteiger partial charge in [0, 0.05) is 11.1 Å². The first-order valence-corrected chi connectivity index (χ1v) is 8.24. The molecule has 0 aliphatic heterocycles. The van der Waals surface area contributed by atoms with Crippen molar-refractivity contribution in [2.24, 2.45) is 4.99 Å². The number of carbonyl (C=O) groups excluding carboxylic acids is 2. The number of aliphatic imine (C=N–C) groups is 1. The van der Waals surface area contributed by atoms with E-state index in [0.717, 1.165) is 0 Å². The fourth-order valence-electron chi connectivity index (χ4n) is 2.69. The van der Waals surface area contributed by atoms with Gasteiger partial charge in [-0.15, -0.1) is 11.6 Å². The van der Waals surface area contributed by atoms with Gasteiger partial charge in [0.25, 0.3) is 0 Å². The number of fused-ring (bicyclic) bond motifs is 1. The summed E-state index contributed by atoms with van der Waals surface area (Å²) in [5.74, 6) is -0.568. The first kappa shape index (κ1) is 16.6. The number of benzene rings is 2. The van der Waals surface area contributed by atoms with E-state index in [1.54, 1.807) is 24.3 Å². The predicted molar refractivity (Wildman–Crippen MR) is 97.0 cm³/mol. The lowest BCUT2D eigenvalue weighted by Crippen LogP contribution is -2.37. The molecule has 1 atom stereocenters. The standard InChI is InChI=1S/C20H18ClNO2/c1-20(2,3)12-8-10-13(11-9-12)22-17-16(21)18(23)14-6-4-5-7-15(14)19(17)24/h4-11,16H,1-3H3. The van der Waals surface area contributed by atoms with E-state index < -0.39 is 5.38 Å². The molecule has 0 bridgehead atoms. The first-order valence-electron chi connectivity index (χ1n) is 7.80. The molecule has 0 aromatic heterocycles. The molecule has 4 heteroatoms. The van der Waals surface area contributed by atoms with Crippen LogP contribution in [-0.4, -0.2) is 22.7 Å². The van der Waals surface area contributed by atoms with Gasteiger partial charge in [-0.2, -0.15) is 0 Å². The third-order valence-electron chi connectivity index (χ3n) is 4.12. The summed E-state index contributed by atoms with van der Waals surface area (Å²) in [6, 6.07) is 14.4. The van der Waals surface area contributed by atoms with Gasteiger partial charge in [0.05, 0.1) is 5.69 Å². The summed E-state index contributed by atoms with van der Waals surface area (Å²) in [7, 11) is 0. The molecule has 1 unspecified atom stereocenters. The zero-order valence-electron chi connectivity index (χ0n) is 13.8. The number of hydrogen-bond donors (Lipinski definition) is 0. The van der Waals surface area contributed by atoms with E-state index in [9.17, 15) is 9.59 Å². The molecule has 0 saturated carbocycles. The topological polar surface area (TPSA) is 46.5 Å². The highest BCUT2D eigenvalue weighted by Crippen LogP contribution is 2.27. The molecule has 0 heterocycles. The molecule has 2 aromatic rings. The Morgan fingerprint density at radius 2 is 1.50 bits per heavy atom. The van der Waals surface area contributed by atoms with Crippen LogP contribution in [0.4, 0.5) is 5.69 Å². The van der Waals surface area contributed by atoms with Gasteiger partial charge >= 0.3 is 0 Å². The maximum absolute atomic E-state index is 12.6. The lowest BCUT2D eigenvalue weighted by atomic mass is 9.87. The number of ketones is 2. The molecule has 1 aliphatic carbocycles. The molecule has 0 radical (unpaired) electrons. The third kappa shape index (κ3) is 2.92. The molecule has 3 rings (SSSR count). The van der Waals surface area contributed by atoms with E-state index in [-0.39, 0.29) is 22.7 Å². The highest BCUT2D eigenvalue weighted by Gasteiger charge is 2.37.